The molecular weight excluding hydrogens is 385 g/mol. The Hall–Kier alpha value is -2.57. The van der Waals surface area contributed by atoms with Crippen LogP contribution in [-0.2, 0) is 0 Å². The maximum atomic E-state index is 13.8. The molecule has 3 heterocycles. The minimum atomic E-state index is -0.389. The van der Waals surface area contributed by atoms with Gasteiger partial charge in [0.2, 0.25) is 0 Å². The third kappa shape index (κ3) is 3.47. The van der Waals surface area contributed by atoms with Gasteiger partial charge in [-0.1, -0.05) is 18.2 Å². The summed E-state index contributed by atoms with van der Waals surface area (Å²) in [6.45, 7) is 4.28. The van der Waals surface area contributed by atoms with Crippen LogP contribution >= 0.6 is 11.3 Å². The molecule has 6 heteroatoms. The molecule has 0 saturated carbocycles. The highest BCUT2D eigenvalue weighted by molar-refractivity contribution is 7.25. The number of halogens is 1. The highest BCUT2D eigenvalue weighted by Gasteiger charge is 2.16. The van der Waals surface area contributed by atoms with Gasteiger partial charge in [0.25, 0.3) is 0 Å². The monoisotopic (exact) mass is 407 g/mol. The Labute approximate surface area is 172 Å². The Bertz CT molecular complexity index is 1260. The molecule has 1 aliphatic rings. The summed E-state index contributed by atoms with van der Waals surface area (Å²) in [5.74, 6) is 0.355. The first-order chi connectivity index (χ1) is 14.2. The third-order valence-corrected chi connectivity index (χ3v) is 6.79. The highest BCUT2D eigenvalue weighted by atomic mass is 32.1. The molecule has 0 atom stereocenters. The van der Waals surface area contributed by atoms with E-state index in [1.54, 1.807) is 6.07 Å². The Morgan fingerprint density at radius 2 is 1.93 bits per heavy atom. The van der Waals surface area contributed by atoms with E-state index in [4.69, 9.17) is 4.98 Å². The van der Waals surface area contributed by atoms with Crippen molar-refractivity contribution in [3.63, 3.8) is 0 Å². The maximum absolute atomic E-state index is 13.8. The lowest BCUT2D eigenvalue weighted by Gasteiger charge is -2.15. The van der Waals surface area contributed by atoms with E-state index in [1.807, 2.05) is 24.3 Å². The lowest BCUT2D eigenvalue weighted by atomic mass is 10.1. The molecule has 1 aliphatic heterocycles. The lowest BCUT2D eigenvalue weighted by molar-refractivity contribution is 0.337. The summed E-state index contributed by atoms with van der Waals surface area (Å²) in [4.78, 5) is 20.6. The fraction of sp³-hybridized carbons (Fsp3) is 0.304. The van der Waals surface area contributed by atoms with Gasteiger partial charge in [0, 0.05) is 22.0 Å². The summed E-state index contributed by atoms with van der Waals surface area (Å²) in [6, 6.07) is 12.1. The van der Waals surface area contributed by atoms with Crippen molar-refractivity contribution in [2.45, 2.75) is 19.3 Å². The van der Waals surface area contributed by atoms with Crippen molar-refractivity contribution >= 4 is 48.2 Å². The van der Waals surface area contributed by atoms with Crippen molar-refractivity contribution in [3.05, 3.63) is 58.5 Å². The van der Waals surface area contributed by atoms with Gasteiger partial charge in [-0.05, 0) is 63.2 Å². The van der Waals surface area contributed by atoms with Crippen LogP contribution in [0.15, 0.2) is 47.3 Å². The lowest BCUT2D eigenvalue weighted by Crippen LogP contribution is -2.22. The predicted octanol–water partition coefficient (Wildman–Crippen LogP) is 5.00. The molecule has 4 nitrogen and oxygen atoms in total. The zero-order valence-electron chi connectivity index (χ0n) is 16.1. The van der Waals surface area contributed by atoms with Gasteiger partial charge >= 0.3 is 0 Å². The number of para-hydroxylation sites is 1. The molecule has 2 aromatic heterocycles. The van der Waals surface area contributed by atoms with Gasteiger partial charge in [-0.15, -0.1) is 11.3 Å². The Morgan fingerprint density at radius 3 is 2.79 bits per heavy atom. The van der Waals surface area contributed by atoms with Crippen LogP contribution in [0.1, 0.15) is 19.3 Å². The Kier molecular flexibility index (Phi) is 4.89. The zero-order valence-corrected chi connectivity index (χ0v) is 16.9. The molecule has 1 saturated heterocycles. The Balaban J connectivity index is 1.59. The zero-order chi connectivity index (χ0) is 19.8. The second kappa shape index (κ2) is 7.69. The summed E-state index contributed by atoms with van der Waals surface area (Å²) >= 11 is 1.50. The molecule has 0 spiro atoms. The quantitative estimate of drug-likeness (QED) is 0.287. The van der Waals surface area contributed by atoms with Crippen LogP contribution in [-0.4, -0.2) is 36.1 Å². The Morgan fingerprint density at radius 1 is 1.10 bits per heavy atom. The van der Waals surface area contributed by atoms with E-state index in [2.05, 4.69) is 10.2 Å². The van der Waals surface area contributed by atoms with Crippen LogP contribution in [0.25, 0.3) is 31.1 Å². The number of hydrogen-bond acceptors (Lipinski definition) is 5. The van der Waals surface area contributed by atoms with Crippen LogP contribution in [0.2, 0.25) is 0 Å². The molecule has 1 fully saturated rings. The fourth-order valence-electron chi connectivity index (χ4n) is 4.17. The largest absolute Gasteiger partial charge is 0.369 e. The van der Waals surface area contributed by atoms with Gasteiger partial charge in [0.05, 0.1) is 15.6 Å². The van der Waals surface area contributed by atoms with E-state index >= 15 is 0 Å². The molecule has 5 rings (SSSR count). The number of nitrogens with one attached hydrogen (secondary N) is 1. The first kappa shape index (κ1) is 18.5. The SMILES string of the molecule is O=c1c2cc(F)ccc2sc2c(NCCCN3CCCC3)nc3ccccc3c12. The van der Waals surface area contributed by atoms with Crippen molar-refractivity contribution in [1.82, 2.24) is 9.88 Å². The number of pyridine rings is 1. The molecular formula is C23H22FN3OS. The highest BCUT2D eigenvalue weighted by Crippen LogP contribution is 2.34. The first-order valence-corrected chi connectivity index (χ1v) is 10.9. The molecule has 0 aliphatic carbocycles. The molecule has 1 N–H and O–H groups in total. The van der Waals surface area contributed by atoms with Gasteiger partial charge in [-0.2, -0.15) is 0 Å². The normalized spacial score (nSPS) is 14.9. The topological polar surface area (TPSA) is 45.2 Å². The number of benzene rings is 2. The molecule has 0 unspecified atom stereocenters. The molecule has 0 amide bonds. The third-order valence-electron chi connectivity index (χ3n) is 5.62. The summed E-state index contributed by atoms with van der Waals surface area (Å²) < 4.78 is 15.4. The van der Waals surface area contributed by atoms with E-state index in [1.165, 1.54) is 49.4 Å². The molecule has 0 bridgehead atoms. The van der Waals surface area contributed by atoms with Crippen LogP contribution in [0.3, 0.4) is 0 Å². The molecule has 2 aromatic carbocycles. The second-order valence-electron chi connectivity index (χ2n) is 7.58. The van der Waals surface area contributed by atoms with Crippen LogP contribution in [0.5, 0.6) is 0 Å². The molecule has 0 radical (unpaired) electrons. The molecule has 4 aromatic rings. The smallest absolute Gasteiger partial charge is 0.196 e. The number of fused-ring (bicyclic) bond motifs is 4. The van der Waals surface area contributed by atoms with Crippen molar-refractivity contribution in [2.24, 2.45) is 0 Å². The number of hydrogen-bond donors (Lipinski definition) is 1. The van der Waals surface area contributed by atoms with Crippen molar-refractivity contribution in [1.29, 1.82) is 0 Å². The fourth-order valence-corrected chi connectivity index (χ4v) is 5.30. The van der Waals surface area contributed by atoms with Gasteiger partial charge < -0.3 is 10.2 Å². The number of rotatable bonds is 5. The maximum Gasteiger partial charge on any atom is 0.196 e. The number of aromatic nitrogens is 1. The van der Waals surface area contributed by atoms with Crippen LogP contribution in [0, 0.1) is 5.82 Å². The van der Waals surface area contributed by atoms with E-state index < -0.39 is 0 Å². The number of anilines is 1. The predicted molar refractivity (Wildman–Crippen MR) is 120 cm³/mol. The average molecular weight is 408 g/mol. The van der Waals surface area contributed by atoms with Crippen molar-refractivity contribution in [3.8, 4) is 0 Å². The summed E-state index contributed by atoms with van der Waals surface area (Å²) in [7, 11) is 0. The van der Waals surface area contributed by atoms with Gasteiger partial charge in [0.1, 0.15) is 11.6 Å². The minimum absolute atomic E-state index is 0.132. The summed E-state index contributed by atoms with van der Waals surface area (Å²) in [6.07, 6.45) is 3.63. The van der Waals surface area contributed by atoms with Crippen molar-refractivity contribution < 1.29 is 4.39 Å². The van der Waals surface area contributed by atoms with E-state index in [0.717, 1.165) is 45.6 Å². The van der Waals surface area contributed by atoms with Gasteiger partial charge in [0.15, 0.2) is 5.43 Å². The summed E-state index contributed by atoms with van der Waals surface area (Å²) in [5, 5.41) is 5.34. The summed E-state index contributed by atoms with van der Waals surface area (Å²) in [5.41, 5.74) is 0.647. The van der Waals surface area contributed by atoms with Gasteiger partial charge in [-0.3, -0.25) is 4.79 Å². The minimum Gasteiger partial charge on any atom is -0.369 e. The molecule has 148 valence electrons. The standard InChI is InChI=1S/C23H22FN3OS/c24-15-8-9-19-17(14-15)21(28)20-16-6-1-2-7-18(16)26-23(22(20)29-19)25-10-5-13-27-11-3-4-12-27/h1-2,6-9,14H,3-5,10-13H2,(H,25,26). The van der Waals surface area contributed by atoms with E-state index in [-0.39, 0.29) is 11.2 Å². The van der Waals surface area contributed by atoms with Gasteiger partial charge in [-0.25, -0.2) is 9.37 Å². The van der Waals surface area contributed by atoms with Crippen LogP contribution < -0.4 is 10.7 Å². The van der Waals surface area contributed by atoms with E-state index in [0.29, 0.717) is 10.8 Å². The number of nitrogens with zero attached hydrogens (tertiary/aromatic N) is 2. The second-order valence-corrected chi connectivity index (χ2v) is 8.63. The van der Waals surface area contributed by atoms with Crippen LogP contribution in [0.4, 0.5) is 10.2 Å². The molecule has 29 heavy (non-hydrogen) atoms. The van der Waals surface area contributed by atoms with E-state index in [9.17, 15) is 9.18 Å². The first-order valence-electron chi connectivity index (χ1n) is 10.1. The number of likely N-dealkylation sites (tertiary alicyclic amines) is 1. The van der Waals surface area contributed by atoms with Crippen molar-refractivity contribution in [2.75, 3.05) is 31.5 Å². The average Bonchev–Trinajstić information content (AvgIpc) is 3.25.